The summed E-state index contributed by atoms with van der Waals surface area (Å²) in [5, 5.41) is 0.240. The lowest BCUT2D eigenvalue weighted by molar-refractivity contribution is 0.0992. The van der Waals surface area contributed by atoms with Crippen LogP contribution in [0.1, 0.15) is 49.0 Å². The Bertz CT molecular complexity index is 1400. The first-order valence-electron chi connectivity index (χ1n) is 10.5. The van der Waals surface area contributed by atoms with Crippen molar-refractivity contribution in [3.05, 3.63) is 61.0 Å². The molecular formula is C22H25N5O4S. The molecule has 4 rings (SSSR count). The van der Waals surface area contributed by atoms with E-state index in [9.17, 15) is 19.2 Å². The van der Waals surface area contributed by atoms with E-state index in [2.05, 4.69) is 0 Å². The number of thioether (sulfide) groups is 1. The fourth-order valence-electron chi connectivity index (χ4n) is 4.20. The number of Topliss-reactive ketones (excluding diaryl/α,β-unsaturated/α-hetero) is 1. The second kappa shape index (κ2) is 8.42. The Balaban J connectivity index is 1.79. The molecule has 1 aromatic carbocycles. The summed E-state index contributed by atoms with van der Waals surface area (Å²) >= 11 is 1.13. The van der Waals surface area contributed by atoms with E-state index in [0.29, 0.717) is 16.1 Å². The highest BCUT2D eigenvalue weighted by Gasteiger charge is 2.29. The third-order valence-electron chi connectivity index (χ3n) is 6.07. The number of nitrogen functional groups attached to an aromatic ring is 1. The zero-order chi connectivity index (χ0) is 23.2. The molecule has 1 fully saturated rings. The topological polar surface area (TPSA) is 122 Å². The van der Waals surface area contributed by atoms with Crippen LogP contribution in [0.25, 0.3) is 10.9 Å². The average molecular weight is 456 g/mol. The molecule has 1 aliphatic carbocycles. The zero-order valence-corrected chi connectivity index (χ0v) is 19.0. The van der Waals surface area contributed by atoms with Gasteiger partial charge >= 0.3 is 5.69 Å². The van der Waals surface area contributed by atoms with Gasteiger partial charge in [-0.05, 0) is 31.9 Å². The number of hydrogen-bond acceptors (Lipinski definition) is 7. The highest BCUT2D eigenvalue weighted by molar-refractivity contribution is 8.00. The summed E-state index contributed by atoms with van der Waals surface area (Å²) < 4.78 is 3.64. The van der Waals surface area contributed by atoms with Crippen molar-refractivity contribution in [1.29, 1.82) is 0 Å². The largest absolute Gasteiger partial charge is 0.384 e. The molecule has 2 N–H and O–H groups in total. The maximum Gasteiger partial charge on any atom is 0.332 e. The number of anilines is 1. The SMILES string of the molecule is CC(Sc1nc2ccccc2c(=O)n1C1CCCC1)C(=O)c1c(N)n(C)c(=O)n(C)c1=O. The molecule has 0 amide bonds. The van der Waals surface area contributed by atoms with Crippen molar-refractivity contribution in [2.75, 3.05) is 5.73 Å². The van der Waals surface area contributed by atoms with E-state index < -0.39 is 22.3 Å². The van der Waals surface area contributed by atoms with E-state index in [4.69, 9.17) is 10.7 Å². The van der Waals surface area contributed by atoms with Crippen molar-refractivity contribution in [2.45, 2.75) is 49.1 Å². The molecule has 0 radical (unpaired) electrons. The first-order chi connectivity index (χ1) is 15.2. The van der Waals surface area contributed by atoms with E-state index in [-0.39, 0.29) is 23.0 Å². The predicted molar refractivity (Wildman–Crippen MR) is 124 cm³/mol. The van der Waals surface area contributed by atoms with Crippen LogP contribution in [0.4, 0.5) is 5.82 Å². The van der Waals surface area contributed by atoms with Crippen molar-refractivity contribution in [1.82, 2.24) is 18.7 Å². The summed E-state index contributed by atoms with van der Waals surface area (Å²) in [6.45, 7) is 1.65. The number of carbonyl (C=O) groups is 1. The molecule has 32 heavy (non-hydrogen) atoms. The van der Waals surface area contributed by atoms with Gasteiger partial charge in [0.15, 0.2) is 10.9 Å². The highest BCUT2D eigenvalue weighted by atomic mass is 32.2. The molecule has 1 saturated carbocycles. The summed E-state index contributed by atoms with van der Waals surface area (Å²) in [4.78, 5) is 56.0. The van der Waals surface area contributed by atoms with Crippen LogP contribution >= 0.6 is 11.8 Å². The standard InChI is InChI=1S/C22H25N5O4S/c1-12(17(28)16-18(23)25(2)22(31)26(3)20(16)30)32-21-24-15-11-7-6-10-14(15)19(29)27(21)13-8-4-5-9-13/h6-7,10-13H,4-5,8-9,23H2,1-3H3. The molecule has 1 unspecified atom stereocenters. The van der Waals surface area contributed by atoms with Crippen LogP contribution in [-0.4, -0.2) is 29.7 Å². The van der Waals surface area contributed by atoms with Crippen LogP contribution < -0.4 is 22.5 Å². The van der Waals surface area contributed by atoms with E-state index in [1.165, 1.54) is 14.1 Å². The lowest BCUT2D eigenvalue weighted by atomic mass is 10.1. The van der Waals surface area contributed by atoms with Gasteiger partial charge in [-0.15, -0.1) is 0 Å². The van der Waals surface area contributed by atoms with Crippen molar-refractivity contribution < 1.29 is 4.79 Å². The Morgan fingerprint density at radius 1 is 1.09 bits per heavy atom. The summed E-state index contributed by atoms with van der Waals surface area (Å²) in [6.07, 6.45) is 3.83. The molecular weight excluding hydrogens is 430 g/mol. The molecule has 1 atom stereocenters. The van der Waals surface area contributed by atoms with E-state index in [0.717, 1.165) is 46.6 Å². The van der Waals surface area contributed by atoms with Crippen LogP contribution in [0.2, 0.25) is 0 Å². The molecule has 0 saturated heterocycles. The van der Waals surface area contributed by atoms with Gasteiger partial charge in [-0.2, -0.15) is 0 Å². The van der Waals surface area contributed by atoms with Crippen molar-refractivity contribution in [3.8, 4) is 0 Å². The summed E-state index contributed by atoms with van der Waals surface area (Å²) in [6, 6.07) is 7.18. The average Bonchev–Trinajstić information content (AvgIpc) is 3.31. The van der Waals surface area contributed by atoms with Gasteiger partial charge < -0.3 is 5.73 Å². The summed E-state index contributed by atoms with van der Waals surface area (Å²) in [7, 11) is 2.72. The van der Waals surface area contributed by atoms with Crippen molar-refractivity contribution >= 4 is 34.3 Å². The molecule has 2 heterocycles. The first-order valence-corrected chi connectivity index (χ1v) is 11.4. The minimum Gasteiger partial charge on any atom is -0.384 e. The van der Waals surface area contributed by atoms with Crippen molar-refractivity contribution in [3.63, 3.8) is 0 Å². The molecule has 0 spiro atoms. The summed E-state index contributed by atoms with van der Waals surface area (Å²) in [5.74, 6) is -0.681. The van der Waals surface area contributed by atoms with Crippen LogP contribution in [-0.2, 0) is 14.1 Å². The van der Waals surface area contributed by atoms with Gasteiger partial charge in [0, 0.05) is 20.1 Å². The molecule has 0 aliphatic heterocycles. The van der Waals surface area contributed by atoms with Gasteiger partial charge in [0.05, 0.1) is 16.2 Å². The number of carbonyl (C=O) groups excluding carboxylic acids is 1. The van der Waals surface area contributed by atoms with Crippen LogP contribution in [0.5, 0.6) is 0 Å². The maximum absolute atomic E-state index is 13.3. The monoisotopic (exact) mass is 455 g/mol. The maximum atomic E-state index is 13.3. The Morgan fingerprint density at radius 3 is 2.44 bits per heavy atom. The second-order valence-electron chi connectivity index (χ2n) is 8.12. The van der Waals surface area contributed by atoms with Gasteiger partial charge in [0.25, 0.3) is 11.1 Å². The number of ketones is 1. The number of nitrogens with zero attached hydrogens (tertiary/aromatic N) is 4. The summed E-state index contributed by atoms with van der Waals surface area (Å²) in [5.41, 5.74) is 4.83. The fourth-order valence-corrected chi connectivity index (χ4v) is 5.24. The number of fused-ring (bicyclic) bond motifs is 1. The lowest BCUT2D eigenvalue weighted by Crippen LogP contribution is -2.42. The molecule has 9 nitrogen and oxygen atoms in total. The lowest BCUT2D eigenvalue weighted by Gasteiger charge is -2.20. The number of para-hydroxylation sites is 1. The van der Waals surface area contributed by atoms with Crippen LogP contribution in [0.15, 0.2) is 43.8 Å². The first kappa shape index (κ1) is 22.1. The highest BCUT2D eigenvalue weighted by Crippen LogP contribution is 2.34. The number of rotatable bonds is 5. The molecule has 2 aromatic heterocycles. The fraction of sp³-hybridized carbons (Fsp3) is 0.409. The third-order valence-corrected chi connectivity index (χ3v) is 7.14. The van der Waals surface area contributed by atoms with Gasteiger partial charge in [0.2, 0.25) is 0 Å². The van der Waals surface area contributed by atoms with E-state index in [1.54, 1.807) is 23.6 Å². The van der Waals surface area contributed by atoms with Crippen LogP contribution in [0.3, 0.4) is 0 Å². The smallest absolute Gasteiger partial charge is 0.332 e. The molecule has 1 aliphatic rings. The predicted octanol–water partition coefficient (Wildman–Crippen LogP) is 1.85. The quantitative estimate of drug-likeness (QED) is 0.354. The zero-order valence-electron chi connectivity index (χ0n) is 18.2. The van der Waals surface area contributed by atoms with Crippen LogP contribution in [0, 0.1) is 0 Å². The molecule has 168 valence electrons. The van der Waals surface area contributed by atoms with E-state index in [1.807, 2.05) is 12.1 Å². The Labute approximate surface area is 187 Å². The normalized spacial score (nSPS) is 15.3. The van der Waals surface area contributed by atoms with Gasteiger partial charge in [-0.3, -0.25) is 28.1 Å². The molecule has 3 aromatic rings. The van der Waals surface area contributed by atoms with Gasteiger partial charge in [0.1, 0.15) is 11.4 Å². The third kappa shape index (κ3) is 3.58. The number of benzene rings is 1. The number of nitrogens with two attached hydrogens (primary N) is 1. The Kier molecular flexibility index (Phi) is 5.81. The minimum atomic E-state index is -0.747. The second-order valence-corrected chi connectivity index (χ2v) is 9.42. The number of hydrogen-bond donors (Lipinski definition) is 1. The number of aromatic nitrogens is 4. The molecule has 0 bridgehead atoms. The minimum absolute atomic E-state index is 0.0277. The Morgan fingerprint density at radius 2 is 1.75 bits per heavy atom. The van der Waals surface area contributed by atoms with Gasteiger partial charge in [-0.1, -0.05) is 36.7 Å². The van der Waals surface area contributed by atoms with Crippen molar-refractivity contribution in [2.24, 2.45) is 14.1 Å². The van der Waals surface area contributed by atoms with E-state index >= 15 is 0 Å². The molecule has 10 heteroatoms. The Hall–Kier alpha value is -3.14. The van der Waals surface area contributed by atoms with Gasteiger partial charge in [-0.25, -0.2) is 9.78 Å².